The molecule has 33 heavy (non-hydrogen) atoms. The van der Waals surface area contributed by atoms with E-state index in [9.17, 15) is 0 Å². The maximum atomic E-state index is 5.95. The molecule has 0 radical (unpaired) electrons. The molecule has 5 nitrogen and oxygen atoms in total. The van der Waals surface area contributed by atoms with Crippen molar-refractivity contribution in [3.63, 3.8) is 0 Å². The highest BCUT2D eigenvalue weighted by molar-refractivity contribution is 7.98. The minimum Gasteiger partial charge on any atom is -0.341 e. The summed E-state index contributed by atoms with van der Waals surface area (Å²) in [5.41, 5.74) is 1.27. The second-order valence-corrected chi connectivity index (χ2v) is 9.18. The summed E-state index contributed by atoms with van der Waals surface area (Å²) in [6.07, 6.45) is 0. The molecule has 0 aliphatic heterocycles. The van der Waals surface area contributed by atoms with E-state index in [1.807, 2.05) is 48.5 Å². The number of hydrogen-bond donors (Lipinski definition) is 0. The molecule has 0 saturated carbocycles. The van der Waals surface area contributed by atoms with E-state index in [1.54, 1.807) is 11.8 Å². The summed E-state index contributed by atoms with van der Waals surface area (Å²) < 4.78 is 0. The maximum absolute atomic E-state index is 5.95. The lowest BCUT2D eigenvalue weighted by Gasteiger charge is -2.22. The van der Waals surface area contributed by atoms with Gasteiger partial charge in [-0.25, -0.2) is 0 Å². The van der Waals surface area contributed by atoms with E-state index in [4.69, 9.17) is 34.8 Å². The smallest absolute Gasteiger partial charge is 0.231 e. The van der Waals surface area contributed by atoms with Gasteiger partial charge in [0.15, 0.2) is 0 Å². The zero-order chi connectivity index (χ0) is 24.2. The van der Waals surface area contributed by atoms with Crippen molar-refractivity contribution >= 4 is 58.5 Å². The van der Waals surface area contributed by atoms with Crippen LogP contribution in [0.2, 0.25) is 15.3 Å². The first-order valence-electron chi connectivity index (χ1n) is 10.9. The Bertz CT molecular complexity index is 887. The molecule has 9 heteroatoms. The third kappa shape index (κ3) is 9.20. The molecule has 0 amide bonds. The Morgan fingerprint density at radius 3 is 1.48 bits per heavy atom. The Kier molecular flexibility index (Phi) is 12.1. The largest absolute Gasteiger partial charge is 0.341 e. The summed E-state index contributed by atoms with van der Waals surface area (Å²) >= 11 is 19.4. The molecule has 1 aromatic heterocycles. The molecule has 178 valence electrons. The standard InChI is InChI=1S/C13H10Cl2S.C11H20ClN5/c14-11-3-1-10(2-4-11)9-16-13-7-5-12(15)6-8-13;1-5-16(6-2)10-13-9(12)14-11(15-10)17(7-3)8-4/h1-8H,9H2;5-8H2,1-4H3. The van der Waals surface area contributed by atoms with E-state index < -0.39 is 0 Å². The van der Waals surface area contributed by atoms with Crippen molar-refractivity contribution in [3.8, 4) is 0 Å². The summed E-state index contributed by atoms with van der Waals surface area (Å²) in [6, 6.07) is 15.8. The maximum Gasteiger partial charge on any atom is 0.231 e. The van der Waals surface area contributed by atoms with Crippen LogP contribution in [0.1, 0.15) is 33.3 Å². The monoisotopic (exact) mass is 525 g/mol. The van der Waals surface area contributed by atoms with Gasteiger partial charge in [-0.15, -0.1) is 11.8 Å². The van der Waals surface area contributed by atoms with E-state index in [0.29, 0.717) is 11.9 Å². The summed E-state index contributed by atoms with van der Waals surface area (Å²) in [5, 5.41) is 1.81. The average molecular weight is 527 g/mol. The lowest BCUT2D eigenvalue weighted by Crippen LogP contribution is -2.28. The second-order valence-electron chi connectivity index (χ2n) is 6.92. The molecule has 0 N–H and O–H groups in total. The first-order chi connectivity index (χ1) is 15.9. The van der Waals surface area contributed by atoms with Crippen LogP contribution in [0.15, 0.2) is 53.4 Å². The quantitative estimate of drug-likeness (QED) is 0.269. The van der Waals surface area contributed by atoms with Crippen LogP contribution in [0.5, 0.6) is 0 Å². The van der Waals surface area contributed by atoms with Crippen LogP contribution >= 0.6 is 46.6 Å². The molecular weight excluding hydrogens is 497 g/mol. The highest BCUT2D eigenvalue weighted by Gasteiger charge is 2.13. The summed E-state index contributed by atoms with van der Waals surface area (Å²) in [4.78, 5) is 18.1. The molecule has 0 aliphatic carbocycles. The van der Waals surface area contributed by atoms with Gasteiger partial charge in [-0.3, -0.25) is 0 Å². The second kappa shape index (κ2) is 14.5. The Morgan fingerprint density at radius 2 is 1.06 bits per heavy atom. The number of anilines is 2. The molecular formula is C24H30Cl3N5S. The zero-order valence-electron chi connectivity index (χ0n) is 19.4. The van der Waals surface area contributed by atoms with Crippen LogP contribution in [-0.2, 0) is 5.75 Å². The third-order valence-electron chi connectivity index (χ3n) is 4.81. The van der Waals surface area contributed by atoms with Gasteiger partial charge in [-0.05, 0) is 81.3 Å². The molecule has 0 aliphatic rings. The van der Waals surface area contributed by atoms with Gasteiger partial charge in [-0.1, -0.05) is 35.3 Å². The first kappa shape index (κ1) is 27.5. The molecule has 1 heterocycles. The van der Waals surface area contributed by atoms with E-state index in [0.717, 1.165) is 42.0 Å². The van der Waals surface area contributed by atoms with Crippen molar-refractivity contribution in [2.75, 3.05) is 36.0 Å². The van der Waals surface area contributed by atoms with Gasteiger partial charge in [0.1, 0.15) is 0 Å². The molecule has 3 rings (SSSR count). The fraction of sp³-hybridized carbons (Fsp3) is 0.375. The summed E-state index contributed by atoms with van der Waals surface area (Å²) in [7, 11) is 0. The highest BCUT2D eigenvalue weighted by atomic mass is 35.5. The Hall–Kier alpha value is -1.73. The molecule has 2 aromatic carbocycles. The number of rotatable bonds is 9. The van der Waals surface area contributed by atoms with Gasteiger partial charge in [0.2, 0.25) is 17.2 Å². The van der Waals surface area contributed by atoms with E-state index in [-0.39, 0.29) is 5.28 Å². The SMILES string of the molecule is CCN(CC)c1nc(Cl)nc(N(CC)CC)n1.Clc1ccc(CSc2ccc(Cl)cc2)cc1. The number of hydrogen-bond acceptors (Lipinski definition) is 6. The van der Waals surface area contributed by atoms with Crippen LogP contribution in [0.25, 0.3) is 0 Å². The minimum absolute atomic E-state index is 0.254. The number of aromatic nitrogens is 3. The highest BCUT2D eigenvalue weighted by Crippen LogP contribution is 2.24. The molecule has 0 saturated heterocycles. The molecule has 0 fully saturated rings. The normalized spacial score (nSPS) is 10.4. The Labute approximate surface area is 216 Å². The molecule has 0 atom stereocenters. The lowest BCUT2D eigenvalue weighted by atomic mass is 10.2. The van der Waals surface area contributed by atoms with Crippen LogP contribution < -0.4 is 9.80 Å². The van der Waals surface area contributed by atoms with Gasteiger partial charge in [-0.2, -0.15) is 15.0 Å². The van der Waals surface area contributed by atoms with Gasteiger partial charge >= 0.3 is 0 Å². The molecule has 0 unspecified atom stereocenters. The fourth-order valence-corrected chi connectivity index (χ4v) is 4.16. The predicted molar refractivity (Wildman–Crippen MR) is 144 cm³/mol. The van der Waals surface area contributed by atoms with Crippen LogP contribution in [0.4, 0.5) is 11.9 Å². The lowest BCUT2D eigenvalue weighted by molar-refractivity contribution is 0.776. The van der Waals surface area contributed by atoms with Crippen LogP contribution in [0, 0.1) is 0 Å². The molecule has 3 aromatic rings. The van der Waals surface area contributed by atoms with Crippen molar-refractivity contribution in [1.82, 2.24) is 15.0 Å². The first-order valence-corrected chi connectivity index (χ1v) is 13.1. The number of halogens is 3. The zero-order valence-corrected chi connectivity index (χ0v) is 22.5. The van der Waals surface area contributed by atoms with Gasteiger partial charge in [0.05, 0.1) is 0 Å². The number of thioether (sulfide) groups is 1. The fourth-order valence-electron chi connectivity index (χ4n) is 2.90. The molecule has 0 spiro atoms. The Morgan fingerprint density at radius 1 is 0.636 bits per heavy atom. The number of benzene rings is 2. The van der Waals surface area contributed by atoms with E-state index in [1.165, 1.54) is 10.5 Å². The van der Waals surface area contributed by atoms with Gasteiger partial charge < -0.3 is 9.80 Å². The van der Waals surface area contributed by atoms with Gasteiger partial charge in [0, 0.05) is 46.9 Å². The third-order valence-corrected chi connectivity index (χ3v) is 6.57. The van der Waals surface area contributed by atoms with Crippen LogP contribution in [0.3, 0.4) is 0 Å². The topological polar surface area (TPSA) is 45.2 Å². The van der Waals surface area contributed by atoms with Crippen molar-refractivity contribution in [1.29, 1.82) is 0 Å². The van der Waals surface area contributed by atoms with Crippen molar-refractivity contribution < 1.29 is 0 Å². The van der Waals surface area contributed by atoms with E-state index in [2.05, 4.69) is 52.4 Å². The molecule has 0 bridgehead atoms. The van der Waals surface area contributed by atoms with Crippen molar-refractivity contribution in [3.05, 3.63) is 69.4 Å². The average Bonchev–Trinajstić information content (AvgIpc) is 2.82. The number of nitrogens with zero attached hydrogens (tertiary/aromatic N) is 5. The predicted octanol–water partition coefficient (Wildman–Crippen LogP) is 7.50. The summed E-state index contributed by atoms with van der Waals surface area (Å²) in [6.45, 7) is 11.7. The van der Waals surface area contributed by atoms with Gasteiger partial charge in [0.25, 0.3) is 0 Å². The minimum atomic E-state index is 0.254. The van der Waals surface area contributed by atoms with Crippen molar-refractivity contribution in [2.45, 2.75) is 38.3 Å². The Balaban J connectivity index is 0.000000234. The van der Waals surface area contributed by atoms with E-state index >= 15 is 0 Å². The summed E-state index contributed by atoms with van der Waals surface area (Å²) in [5.74, 6) is 2.24. The van der Waals surface area contributed by atoms with Crippen LogP contribution in [-0.4, -0.2) is 41.1 Å². The van der Waals surface area contributed by atoms with Crippen molar-refractivity contribution in [2.24, 2.45) is 0 Å².